The number of amides is 2. The molecule has 80 valence electrons. The Bertz CT molecular complexity index is 404. The topological polar surface area (TPSA) is 72.2 Å². The molecule has 3 N–H and O–H groups in total. The summed E-state index contributed by atoms with van der Waals surface area (Å²) in [5.41, 5.74) is 6.38. The molecule has 0 fully saturated rings. The van der Waals surface area contributed by atoms with Gasteiger partial charge in [-0.1, -0.05) is 15.9 Å². The number of primary amides is 1. The molecule has 0 unspecified atom stereocenters. The second kappa shape index (κ2) is 4.93. The maximum absolute atomic E-state index is 11.5. The standard InChI is InChI=1S/C10H11BrN2O2/c1-6-4-7(2-3-8(6)11)10(15)13-5-9(12)14/h2-4H,5H2,1H3,(H2,12,14)(H,13,15). The lowest BCUT2D eigenvalue weighted by Crippen LogP contribution is -2.33. The van der Waals surface area contributed by atoms with Crippen molar-refractivity contribution in [3.8, 4) is 0 Å². The van der Waals surface area contributed by atoms with Gasteiger partial charge in [0.25, 0.3) is 5.91 Å². The highest BCUT2D eigenvalue weighted by Gasteiger charge is 2.07. The number of halogens is 1. The minimum atomic E-state index is -0.558. The summed E-state index contributed by atoms with van der Waals surface area (Å²) in [6.45, 7) is 1.74. The second-order valence-electron chi connectivity index (χ2n) is 3.11. The molecule has 0 spiro atoms. The molecule has 0 radical (unpaired) electrons. The Morgan fingerprint density at radius 3 is 2.67 bits per heavy atom. The van der Waals surface area contributed by atoms with Crippen LogP contribution in [0.2, 0.25) is 0 Å². The van der Waals surface area contributed by atoms with E-state index in [0.29, 0.717) is 5.56 Å². The fourth-order valence-electron chi connectivity index (χ4n) is 1.06. The monoisotopic (exact) mass is 270 g/mol. The molecule has 5 heteroatoms. The van der Waals surface area contributed by atoms with Crippen LogP contribution in [0.15, 0.2) is 22.7 Å². The van der Waals surface area contributed by atoms with Crippen LogP contribution in [-0.4, -0.2) is 18.4 Å². The average molecular weight is 271 g/mol. The maximum atomic E-state index is 11.5. The SMILES string of the molecule is Cc1cc(C(=O)NCC(N)=O)ccc1Br. The van der Waals surface area contributed by atoms with E-state index >= 15 is 0 Å². The zero-order valence-corrected chi connectivity index (χ0v) is 9.80. The molecule has 0 aliphatic carbocycles. The lowest BCUT2D eigenvalue weighted by molar-refractivity contribution is -0.117. The molecule has 1 aromatic rings. The highest BCUT2D eigenvalue weighted by Crippen LogP contribution is 2.16. The van der Waals surface area contributed by atoms with Gasteiger partial charge in [0, 0.05) is 10.0 Å². The van der Waals surface area contributed by atoms with Gasteiger partial charge in [0.1, 0.15) is 0 Å². The Kier molecular flexibility index (Phi) is 3.85. The van der Waals surface area contributed by atoms with Crippen molar-refractivity contribution in [3.05, 3.63) is 33.8 Å². The van der Waals surface area contributed by atoms with Gasteiger partial charge in [-0.2, -0.15) is 0 Å². The first-order valence-electron chi connectivity index (χ1n) is 4.33. The van der Waals surface area contributed by atoms with Crippen molar-refractivity contribution < 1.29 is 9.59 Å². The lowest BCUT2D eigenvalue weighted by atomic mass is 10.1. The van der Waals surface area contributed by atoms with Gasteiger partial charge in [0.05, 0.1) is 6.54 Å². The fraction of sp³-hybridized carbons (Fsp3) is 0.200. The largest absolute Gasteiger partial charge is 0.368 e. The van der Waals surface area contributed by atoms with Crippen molar-refractivity contribution in [2.75, 3.05) is 6.54 Å². The molecule has 0 saturated heterocycles. The number of aryl methyl sites for hydroxylation is 1. The highest BCUT2D eigenvalue weighted by atomic mass is 79.9. The predicted molar refractivity (Wildman–Crippen MR) is 60.4 cm³/mol. The van der Waals surface area contributed by atoms with E-state index in [1.807, 2.05) is 6.92 Å². The molecule has 4 nitrogen and oxygen atoms in total. The third-order valence-corrected chi connectivity index (χ3v) is 2.73. The van der Waals surface area contributed by atoms with Crippen LogP contribution in [0.1, 0.15) is 15.9 Å². The maximum Gasteiger partial charge on any atom is 0.251 e. The number of rotatable bonds is 3. The molecule has 0 heterocycles. The Balaban J connectivity index is 2.74. The summed E-state index contributed by atoms with van der Waals surface area (Å²) in [6, 6.07) is 5.20. The highest BCUT2D eigenvalue weighted by molar-refractivity contribution is 9.10. The van der Waals surface area contributed by atoms with Crippen LogP contribution in [0.4, 0.5) is 0 Å². The lowest BCUT2D eigenvalue weighted by Gasteiger charge is -2.04. The number of carbonyl (C=O) groups is 2. The number of nitrogens with two attached hydrogens (primary N) is 1. The molecule has 0 atom stereocenters. The molecular weight excluding hydrogens is 260 g/mol. The molecule has 0 bridgehead atoms. The average Bonchev–Trinajstić information content (AvgIpc) is 2.18. The first-order chi connectivity index (χ1) is 7.00. The summed E-state index contributed by atoms with van der Waals surface area (Å²) < 4.78 is 0.939. The molecule has 0 aliphatic rings. The van der Waals surface area contributed by atoms with Crippen molar-refractivity contribution in [2.24, 2.45) is 5.73 Å². The predicted octanol–water partition coefficient (Wildman–Crippen LogP) is 0.973. The summed E-state index contributed by atoms with van der Waals surface area (Å²) in [5.74, 6) is -0.860. The van der Waals surface area contributed by atoms with Gasteiger partial charge >= 0.3 is 0 Å². The number of carbonyl (C=O) groups excluding carboxylic acids is 2. The van der Waals surface area contributed by atoms with E-state index in [1.54, 1.807) is 18.2 Å². The normalized spacial score (nSPS) is 9.73. The van der Waals surface area contributed by atoms with E-state index in [2.05, 4.69) is 21.2 Å². The van der Waals surface area contributed by atoms with Gasteiger partial charge in [-0.05, 0) is 30.7 Å². The van der Waals surface area contributed by atoms with Crippen LogP contribution in [-0.2, 0) is 4.79 Å². The third kappa shape index (κ3) is 3.36. The molecule has 1 aromatic carbocycles. The number of hydrogen-bond acceptors (Lipinski definition) is 2. The van der Waals surface area contributed by atoms with E-state index in [9.17, 15) is 9.59 Å². The van der Waals surface area contributed by atoms with Crippen molar-refractivity contribution in [1.29, 1.82) is 0 Å². The van der Waals surface area contributed by atoms with E-state index < -0.39 is 5.91 Å². The van der Waals surface area contributed by atoms with Gasteiger partial charge < -0.3 is 11.1 Å². The van der Waals surface area contributed by atoms with E-state index in [0.717, 1.165) is 10.0 Å². The van der Waals surface area contributed by atoms with Crippen molar-refractivity contribution in [1.82, 2.24) is 5.32 Å². The van der Waals surface area contributed by atoms with Gasteiger partial charge in [-0.25, -0.2) is 0 Å². The zero-order valence-electron chi connectivity index (χ0n) is 8.21. The summed E-state index contributed by atoms with van der Waals surface area (Å²) in [4.78, 5) is 21.9. The van der Waals surface area contributed by atoms with Gasteiger partial charge in [0.15, 0.2) is 0 Å². The molecule has 0 aliphatic heterocycles. The summed E-state index contributed by atoms with van der Waals surface area (Å²) in [6.07, 6.45) is 0. The van der Waals surface area contributed by atoms with E-state index in [1.165, 1.54) is 0 Å². The van der Waals surface area contributed by atoms with Crippen molar-refractivity contribution >= 4 is 27.7 Å². The minimum Gasteiger partial charge on any atom is -0.368 e. The van der Waals surface area contributed by atoms with Crippen LogP contribution < -0.4 is 11.1 Å². The Labute approximate surface area is 96.0 Å². The first-order valence-corrected chi connectivity index (χ1v) is 5.12. The Hall–Kier alpha value is -1.36. The molecular formula is C10H11BrN2O2. The van der Waals surface area contributed by atoms with Crippen LogP contribution >= 0.6 is 15.9 Å². The summed E-state index contributed by atoms with van der Waals surface area (Å²) in [7, 11) is 0. The van der Waals surface area contributed by atoms with Crippen LogP contribution in [0, 0.1) is 6.92 Å². The van der Waals surface area contributed by atoms with Crippen molar-refractivity contribution in [3.63, 3.8) is 0 Å². The van der Waals surface area contributed by atoms with Crippen molar-refractivity contribution in [2.45, 2.75) is 6.92 Å². The number of benzene rings is 1. The summed E-state index contributed by atoms with van der Waals surface area (Å²) in [5, 5.41) is 2.42. The van der Waals surface area contributed by atoms with Crippen LogP contribution in [0.25, 0.3) is 0 Å². The molecule has 0 aromatic heterocycles. The van der Waals surface area contributed by atoms with E-state index in [4.69, 9.17) is 5.73 Å². The number of nitrogens with one attached hydrogen (secondary N) is 1. The Morgan fingerprint density at radius 1 is 1.47 bits per heavy atom. The van der Waals surface area contributed by atoms with Crippen LogP contribution in [0.3, 0.4) is 0 Å². The third-order valence-electron chi connectivity index (χ3n) is 1.84. The Morgan fingerprint density at radius 2 is 2.13 bits per heavy atom. The van der Waals surface area contributed by atoms with Gasteiger partial charge in [-0.3, -0.25) is 9.59 Å². The number of hydrogen-bond donors (Lipinski definition) is 2. The molecule has 1 rings (SSSR count). The van der Waals surface area contributed by atoms with Gasteiger partial charge in [0.2, 0.25) is 5.91 Å². The fourth-order valence-corrected chi connectivity index (χ4v) is 1.30. The molecule has 0 saturated carbocycles. The van der Waals surface area contributed by atoms with Crippen LogP contribution in [0.5, 0.6) is 0 Å². The van der Waals surface area contributed by atoms with E-state index in [-0.39, 0.29) is 12.5 Å². The second-order valence-corrected chi connectivity index (χ2v) is 3.97. The molecule has 15 heavy (non-hydrogen) atoms. The van der Waals surface area contributed by atoms with Gasteiger partial charge in [-0.15, -0.1) is 0 Å². The first kappa shape index (κ1) is 11.7. The smallest absolute Gasteiger partial charge is 0.251 e. The minimum absolute atomic E-state index is 0.145. The summed E-state index contributed by atoms with van der Waals surface area (Å²) >= 11 is 3.33. The molecule has 2 amide bonds. The quantitative estimate of drug-likeness (QED) is 0.859. The zero-order chi connectivity index (χ0) is 11.4.